The Morgan fingerprint density at radius 2 is 1.64 bits per heavy atom. The third-order valence-corrected chi connectivity index (χ3v) is 4.28. The third kappa shape index (κ3) is 4.69. The van der Waals surface area contributed by atoms with Gasteiger partial charge in [-0.15, -0.1) is 0 Å². The highest BCUT2D eigenvalue weighted by Crippen LogP contribution is 2.17. The van der Waals surface area contributed by atoms with E-state index in [4.69, 9.17) is 0 Å². The van der Waals surface area contributed by atoms with E-state index in [0.717, 1.165) is 23.2 Å². The summed E-state index contributed by atoms with van der Waals surface area (Å²) in [6.45, 7) is 7.78. The number of hydrogen-bond acceptors (Lipinski definition) is 2. The van der Waals surface area contributed by atoms with Gasteiger partial charge in [-0.05, 0) is 42.5 Å². The van der Waals surface area contributed by atoms with Gasteiger partial charge in [-0.1, -0.05) is 57.2 Å². The van der Waals surface area contributed by atoms with Gasteiger partial charge in [-0.3, -0.25) is 9.59 Å². The summed E-state index contributed by atoms with van der Waals surface area (Å²) in [5, 5.41) is 5.84. The first-order chi connectivity index (χ1) is 11.9. The molecule has 0 heterocycles. The van der Waals surface area contributed by atoms with Crippen LogP contribution in [0.5, 0.6) is 0 Å². The molecule has 0 radical (unpaired) electrons. The van der Waals surface area contributed by atoms with Crippen LogP contribution < -0.4 is 10.6 Å². The Labute approximate surface area is 149 Å². The zero-order chi connectivity index (χ0) is 18.4. The Balaban J connectivity index is 2.16. The van der Waals surface area contributed by atoms with Gasteiger partial charge in [0.15, 0.2) is 0 Å². The average Bonchev–Trinajstić information content (AvgIpc) is 2.60. The number of para-hydroxylation sites is 1. The number of aryl methyl sites for hydroxylation is 2. The number of rotatable bonds is 6. The lowest BCUT2D eigenvalue weighted by atomic mass is 10.0. The van der Waals surface area contributed by atoms with Crippen molar-refractivity contribution in [2.45, 2.75) is 40.2 Å². The molecule has 2 N–H and O–H groups in total. The van der Waals surface area contributed by atoms with Crippen LogP contribution in [0.25, 0.3) is 0 Å². The first-order valence-electron chi connectivity index (χ1n) is 8.69. The number of carbonyl (C=O) groups is 2. The normalized spacial score (nSPS) is 11.9. The van der Waals surface area contributed by atoms with E-state index in [-0.39, 0.29) is 17.7 Å². The average molecular weight is 338 g/mol. The van der Waals surface area contributed by atoms with E-state index >= 15 is 0 Å². The lowest BCUT2D eigenvalue weighted by Gasteiger charge is -2.23. The molecule has 132 valence electrons. The maximum atomic E-state index is 12.7. The second kappa shape index (κ2) is 8.47. The number of anilines is 1. The SMILES string of the molecule is CCc1ccccc1NC(=O)[C@@H](NC(=O)c1ccccc1C)C(C)C. The molecule has 2 rings (SSSR count). The molecule has 0 saturated heterocycles. The molecular formula is C21H26N2O2. The number of benzene rings is 2. The molecule has 2 aromatic rings. The first kappa shape index (κ1) is 18.7. The molecule has 0 aliphatic heterocycles. The number of amides is 2. The Kier molecular flexibility index (Phi) is 6.34. The molecule has 0 aliphatic rings. The predicted molar refractivity (Wildman–Crippen MR) is 102 cm³/mol. The molecule has 0 spiro atoms. The van der Waals surface area contributed by atoms with Gasteiger partial charge in [0.1, 0.15) is 6.04 Å². The van der Waals surface area contributed by atoms with Crippen molar-refractivity contribution in [2.24, 2.45) is 5.92 Å². The van der Waals surface area contributed by atoms with Crippen LogP contribution in [0, 0.1) is 12.8 Å². The summed E-state index contributed by atoms with van der Waals surface area (Å²) in [6.07, 6.45) is 0.832. The van der Waals surface area contributed by atoms with E-state index in [9.17, 15) is 9.59 Å². The van der Waals surface area contributed by atoms with E-state index in [1.807, 2.05) is 70.2 Å². The zero-order valence-corrected chi connectivity index (χ0v) is 15.3. The predicted octanol–water partition coefficient (Wildman–Crippen LogP) is 3.95. The van der Waals surface area contributed by atoms with Crippen LogP contribution in [0.2, 0.25) is 0 Å². The maximum Gasteiger partial charge on any atom is 0.252 e. The molecule has 1 atom stereocenters. The second-order valence-electron chi connectivity index (χ2n) is 6.51. The fraction of sp³-hybridized carbons (Fsp3) is 0.333. The fourth-order valence-corrected chi connectivity index (χ4v) is 2.74. The highest BCUT2D eigenvalue weighted by Gasteiger charge is 2.25. The molecule has 2 amide bonds. The molecule has 0 unspecified atom stereocenters. The van der Waals surface area contributed by atoms with Gasteiger partial charge in [-0.2, -0.15) is 0 Å². The van der Waals surface area contributed by atoms with E-state index in [2.05, 4.69) is 10.6 Å². The van der Waals surface area contributed by atoms with Crippen LogP contribution in [0.1, 0.15) is 42.3 Å². The molecule has 0 aliphatic carbocycles. The summed E-state index contributed by atoms with van der Waals surface area (Å²) in [5.74, 6) is -0.449. The van der Waals surface area contributed by atoms with E-state index in [1.54, 1.807) is 6.07 Å². The molecule has 4 nitrogen and oxygen atoms in total. The van der Waals surface area contributed by atoms with Crippen molar-refractivity contribution >= 4 is 17.5 Å². The van der Waals surface area contributed by atoms with Gasteiger partial charge < -0.3 is 10.6 Å². The largest absolute Gasteiger partial charge is 0.340 e. The van der Waals surface area contributed by atoms with Crippen LogP contribution >= 0.6 is 0 Å². The summed E-state index contributed by atoms with van der Waals surface area (Å²) in [4.78, 5) is 25.3. The smallest absolute Gasteiger partial charge is 0.252 e. The standard InChI is InChI=1S/C21H26N2O2/c1-5-16-11-7-9-13-18(16)22-21(25)19(14(2)3)23-20(24)17-12-8-6-10-15(17)4/h6-14,19H,5H2,1-4H3,(H,22,25)(H,23,24)/t19-/m0/s1. The summed E-state index contributed by atoms with van der Waals surface area (Å²) < 4.78 is 0. The Bertz CT molecular complexity index is 753. The van der Waals surface area contributed by atoms with Gasteiger partial charge in [0.25, 0.3) is 5.91 Å². The first-order valence-corrected chi connectivity index (χ1v) is 8.69. The van der Waals surface area contributed by atoms with E-state index in [0.29, 0.717) is 5.56 Å². The van der Waals surface area contributed by atoms with Crippen molar-refractivity contribution in [1.82, 2.24) is 5.32 Å². The molecule has 0 saturated carbocycles. The van der Waals surface area contributed by atoms with Crippen molar-refractivity contribution in [1.29, 1.82) is 0 Å². The Morgan fingerprint density at radius 1 is 1.00 bits per heavy atom. The third-order valence-electron chi connectivity index (χ3n) is 4.28. The monoisotopic (exact) mass is 338 g/mol. The van der Waals surface area contributed by atoms with Crippen molar-refractivity contribution in [3.05, 3.63) is 65.2 Å². The second-order valence-corrected chi connectivity index (χ2v) is 6.51. The van der Waals surface area contributed by atoms with Gasteiger partial charge in [0.05, 0.1) is 0 Å². The van der Waals surface area contributed by atoms with Gasteiger partial charge in [-0.25, -0.2) is 0 Å². The number of hydrogen-bond donors (Lipinski definition) is 2. The summed E-state index contributed by atoms with van der Waals surface area (Å²) in [5.41, 5.74) is 3.35. The van der Waals surface area contributed by atoms with E-state index < -0.39 is 6.04 Å². The lowest BCUT2D eigenvalue weighted by Crippen LogP contribution is -2.47. The Morgan fingerprint density at radius 3 is 2.28 bits per heavy atom. The van der Waals surface area contributed by atoms with Crippen LogP contribution in [0.3, 0.4) is 0 Å². The Hall–Kier alpha value is -2.62. The van der Waals surface area contributed by atoms with Crippen molar-refractivity contribution in [2.75, 3.05) is 5.32 Å². The highest BCUT2D eigenvalue weighted by atomic mass is 16.2. The molecule has 0 aromatic heterocycles. The van der Waals surface area contributed by atoms with Crippen molar-refractivity contribution < 1.29 is 9.59 Å². The minimum atomic E-state index is -0.600. The number of carbonyl (C=O) groups excluding carboxylic acids is 2. The van der Waals surface area contributed by atoms with Crippen LogP contribution in [-0.2, 0) is 11.2 Å². The van der Waals surface area contributed by atoms with Crippen LogP contribution in [-0.4, -0.2) is 17.9 Å². The molecule has 0 bridgehead atoms. The minimum absolute atomic E-state index is 0.0262. The van der Waals surface area contributed by atoms with Gasteiger partial charge >= 0.3 is 0 Å². The molecule has 25 heavy (non-hydrogen) atoms. The summed E-state index contributed by atoms with van der Waals surface area (Å²) in [7, 11) is 0. The van der Waals surface area contributed by atoms with Crippen molar-refractivity contribution in [3.63, 3.8) is 0 Å². The molecule has 0 fully saturated rings. The quantitative estimate of drug-likeness (QED) is 0.838. The van der Waals surface area contributed by atoms with Crippen LogP contribution in [0.15, 0.2) is 48.5 Å². The van der Waals surface area contributed by atoms with Gasteiger partial charge in [0, 0.05) is 11.3 Å². The minimum Gasteiger partial charge on any atom is -0.340 e. The van der Waals surface area contributed by atoms with Crippen molar-refractivity contribution in [3.8, 4) is 0 Å². The summed E-state index contributed by atoms with van der Waals surface area (Å²) >= 11 is 0. The maximum absolute atomic E-state index is 12.7. The molecule has 2 aromatic carbocycles. The van der Waals surface area contributed by atoms with Crippen LogP contribution in [0.4, 0.5) is 5.69 Å². The van der Waals surface area contributed by atoms with Gasteiger partial charge in [0.2, 0.25) is 5.91 Å². The molecule has 4 heteroatoms. The van der Waals surface area contributed by atoms with E-state index in [1.165, 1.54) is 0 Å². The topological polar surface area (TPSA) is 58.2 Å². The fourth-order valence-electron chi connectivity index (χ4n) is 2.74. The molecular weight excluding hydrogens is 312 g/mol. The lowest BCUT2D eigenvalue weighted by molar-refractivity contribution is -0.118. The zero-order valence-electron chi connectivity index (χ0n) is 15.3. The highest BCUT2D eigenvalue weighted by molar-refractivity contribution is 6.02. The summed E-state index contributed by atoms with van der Waals surface area (Å²) in [6, 6.07) is 14.5. The number of nitrogens with one attached hydrogen (secondary N) is 2.